The normalized spacial score (nSPS) is 10.8. The van der Waals surface area contributed by atoms with Crippen LogP contribution in [-0.2, 0) is 11.2 Å². The van der Waals surface area contributed by atoms with E-state index in [2.05, 4.69) is 20.9 Å². The first kappa shape index (κ1) is 17.2. The Kier molecular flexibility index (Phi) is 5.09. The smallest absolute Gasteiger partial charge is 0.315 e. The third kappa shape index (κ3) is 3.72. The van der Waals surface area contributed by atoms with Crippen LogP contribution in [0.25, 0.3) is 10.9 Å². The Morgan fingerprint density at radius 2 is 1.83 bits per heavy atom. The molecule has 1 aromatic heterocycles. The lowest BCUT2D eigenvalue weighted by Crippen LogP contribution is -2.12. The number of rotatable bonds is 3. The van der Waals surface area contributed by atoms with E-state index in [0.29, 0.717) is 15.9 Å². The van der Waals surface area contributed by atoms with Crippen molar-refractivity contribution in [1.82, 2.24) is 4.98 Å². The second-order valence-corrected chi connectivity index (χ2v) is 7.03. The van der Waals surface area contributed by atoms with Gasteiger partial charge in [-0.15, -0.1) is 0 Å². The van der Waals surface area contributed by atoms with Gasteiger partial charge in [-0.2, -0.15) is 0 Å². The number of aromatic nitrogens is 1. The van der Waals surface area contributed by atoms with Crippen molar-refractivity contribution in [1.29, 1.82) is 0 Å². The quantitative estimate of drug-likeness (QED) is 0.396. The fourth-order valence-corrected chi connectivity index (χ4v) is 3.13. The second kappa shape index (κ2) is 7.09. The average Bonchev–Trinajstić information content (AvgIpc) is 2.53. The first-order valence-corrected chi connectivity index (χ1v) is 8.69. The predicted octanol–water partition coefficient (Wildman–Crippen LogP) is 5.76. The maximum absolute atomic E-state index is 12.3. The minimum Gasteiger partial charge on any atom is -0.422 e. The molecule has 0 N–H and O–H groups in total. The van der Waals surface area contributed by atoms with Crippen molar-refractivity contribution in [2.24, 2.45) is 0 Å². The van der Waals surface area contributed by atoms with Crippen LogP contribution in [0.4, 0.5) is 0 Å². The van der Waals surface area contributed by atoms with Crippen LogP contribution in [0, 0.1) is 6.92 Å². The fraction of sp³-hybridized carbons (Fsp3) is 0.111. The molecule has 0 aliphatic rings. The number of esters is 1. The van der Waals surface area contributed by atoms with Gasteiger partial charge in [-0.3, -0.25) is 4.79 Å². The Morgan fingerprint density at radius 1 is 1.12 bits per heavy atom. The molecule has 1 heterocycles. The summed E-state index contributed by atoms with van der Waals surface area (Å²) in [4.78, 5) is 16.7. The maximum Gasteiger partial charge on any atom is 0.315 e. The topological polar surface area (TPSA) is 39.2 Å². The molecule has 6 heteroatoms. The molecule has 2 aromatic carbocycles. The Hall–Kier alpha value is -1.62. The summed E-state index contributed by atoms with van der Waals surface area (Å²) >= 11 is 15.8. The number of hydrogen-bond donors (Lipinski definition) is 0. The lowest BCUT2D eigenvalue weighted by Gasteiger charge is -2.11. The van der Waals surface area contributed by atoms with E-state index in [1.54, 1.807) is 6.07 Å². The van der Waals surface area contributed by atoms with Gasteiger partial charge in [0.15, 0.2) is 5.75 Å². The lowest BCUT2D eigenvalue weighted by atomic mass is 10.1. The van der Waals surface area contributed by atoms with Gasteiger partial charge in [0.25, 0.3) is 0 Å². The first-order valence-electron chi connectivity index (χ1n) is 7.14. The highest BCUT2D eigenvalue weighted by atomic mass is 79.9. The van der Waals surface area contributed by atoms with Crippen molar-refractivity contribution in [3.63, 3.8) is 0 Å². The second-order valence-electron chi connectivity index (χ2n) is 5.30. The molecule has 0 bridgehead atoms. The number of pyridine rings is 1. The van der Waals surface area contributed by atoms with Crippen LogP contribution in [0.5, 0.6) is 5.75 Å². The fourth-order valence-electron chi connectivity index (χ4n) is 2.31. The van der Waals surface area contributed by atoms with E-state index in [0.717, 1.165) is 15.7 Å². The van der Waals surface area contributed by atoms with E-state index in [1.807, 2.05) is 43.3 Å². The summed E-state index contributed by atoms with van der Waals surface area (Å²) in [6.07, 6.45) is 0.138. The summed E-state index contributed by atoms with van der Waals surface area (Å²) in [5.74, 6) is -0.173. The average molecular weight is 425 g/mol. The number of carbonyl (C=O) groups is 1. The zero-order valence-corrected chi connectivity index (χ0v) is 15.7. The summed E-state index contributed by atoms with van der Waals surface area (Å²) in [5.41, 5.74) is 2.12. The van der Waals surface area contributed by atoms with E-state index in [1.165, 1.54) is 0 Å². The molecule has 0 saturated heterocycles. The van der Waals surface area contributed by atoms with Gasteiger partial charge in [0.2, 0.25) is 0 Å². The standard InChI is InChI=1S/C18H12BrCl2NO2/c1-10-2-7-13-14(20)9-15(21)18(17(13)22-10)24-16(23)8-11-3-5-12(19)6-4-11/h2-7,9H,8H2,1H3. The van der Waals surface area contributed by atoms with Crippen molar-refractivity contribution in [2.75, 3.05) is 0 Å². The van der Waals surface area contributed by atoms with Crippen molar-refractivity contribution in [2.45, 2.75) is 13.3 Å². The number of aryl methyl sites for hydroxylation is 1. The van der Waals surface area contributed by atoms with Crippen LogP contribution in [0.15, 0.2) is 46.9 Å². The van der Waals surface area contributed by atoms with Crippen molar-refractivity contribution >= 4 is 56.0 Å². The van der Waals surface area contributed by atoms with Gasteiger partial charge in [-0.05, 0) is 42.8 Å². The van der Waals surface area contributed by atoms with Gasteiger partial charge in [-0.25, -0.2) is 4.98 Å². The lowest BCUT2D eigenvalue weighted by molar-refractivity contribution is -0.133. The highest BCUT2D eigenvalue weighted by Gasteiger charge is 2.16. The Labute approximate surface area is 157 Å². The number of fused-ring (bicyclic) bond motifs is 1. The van der Waals surface area contributed by atoms with Gasteiger partial charge in [0.05, 0.1) is 16.5 Å². The van der Waals surface area contributed by atoms with E-state index in [4.69, 9.17) is 27.9 Å². The number of hydrogen-bond acceptors (Lipinski definition) is 3. The maximum atomic E-state index is 12.3. The zero-order chi connectivity index (χ0) is 17.3. The summed E-state index contributed by atoms with van der Waals surface area (Å²) < 4.78 is 6.45. The van der Waals surface area contributed by atoms with Crippen molar-refractivity contribution in [3.05, 3.63) is 68.2 Å². The van der Waals surface area contributed by atoms with E-state index in [-0.39, 0.29) is 17.2 Å². The summed E-state index contributed by atoms with van der Waals surface area (Å²) in [6, 6.07) is 12.7. The Balaban J connectivity index is 1.93. The van der Waals surface area contributed by atoms with Crippen LogP contribution < -0.4 is 4.74 Å². The number of carbonyl (C=O) groups excluding carboxylic acids is 1. The van der Waals surface area contributed by atoms with Crippen molar-refractivity contribution in [3.8, 4) is 5.75 Å². The van der Waals surface area contributed by atoms with Crippen LogP contribution >= 0.6 is 39.1 Å². The van der Waals surface area contributed by atoms with Crippen molar-refractivity contribution < 1.29 is 9.53 Å². The van der Waals surface area contributed by atoms with Crippen LogP contribution in [0.3, 0.4) is 0 Å². The molecule has 0 saturated carbocycles. The molecule has 0 fully saturated rings. The van der Waals surface area contributed by atoms with Gasteiger partial charge in [-0.1, -0.05) is 51.3 Å². The first-order chi connectivity index (χ1) is 11.4. The van der Waals surface area contributed by atoms with Gasteiger partial charge in [0, 0.05) is 15.6 Å². The molecule has 3 rings (SSSR count). The largest absolute Gasteiger partial charge is 0.422 e. The predicted molar refractivity (Wildman–Crippen MR) is 100.0 cm³/mol. The molecule has 0 aliphatic heterocycles. The van der Waals surface area contributed by atoms with E-state index < -0.39 is 5.97 Å². The molecule has 0 atom stereocenters. The monoisotopic (exact) mass is 423 g/mol. The minimum absolute atomic E-state index is 0.138. The molecule has 0 aliphatic carbocycles. The van der Waals surface area contributed by atoms with Gasteiger partial charge in [0.1, 0.15) is 5.52 Å². The SMILES string of the molecule is Cc1ccc2c(Cl)cc(Cl)c(OC(=O)Cc3ccc(Br)cc3)c2n1. The molecule has 0 amide bonds. The molecule has 122 valence electrons. The minimum atomic E-state index is -0.411. The summed E-state index contributed by atoms with van der Waals surface area (Å²) in [7, 11) is 0. The number of nitrogens with zero attached hydrogens (tertiary/aromatic N) is 1. The Bertz CT molecular complexity index is 926. The molecular weight excluding hydrogens is 413 g/mol. The molecule has 0 unspecified atom stereocenters. The molecule has 0 spiro atoms. The highest BCUT2D eigenvalue weighted by molar-refractivity contribution is 9.10. The zero-order valence-electron chi connectivity index (χ0n) is 12.6. The third-order valence-corrected chi connectivity index (χ3v) is 4.58. The number of ether oxygens (including phenoxy) is 1. The van der Waals surface area contributed by atoms with Crippen LogP contribution in [0.1, 0.15) is 11.3 Å². The molecular formula is C18H12BrCl2NO2. The van der Waals surface area contributed by atoms with Crippen LogP contribution in [-0.4, -0.2) is 11.0 Å². The number of halogens is 3. The van der Waals surface area contributed by atoms with E-state index >= 15 is 0 Å². The van der Waals surface area contributed by atoms with Gasteiger partial charge < -0.3 is 4.74 Å². The highest BCUT2D eigenvalue weighted by Crippen LogP contribution is 2.37. The molecule has 24 heavy (non-hydrogen) atoms. The molecule has 3 nitrogen and oxygen atoms in total. The summed E-state index contributed by atoms with van der Waals surface area (Å²) in [6.45, 7) is 1.85. The Morgan fingerprint density at radius 3 is 2.54 bits per heavy atom. The third-order valence-electron chi connectivity index (χ3n) is 3.45. The van der Waals surface area contributed by atoms with Gasteiger partial charge >= 0.3 is 5.97 Å². The number of benzene rings is 2. The molecule has 3 aromatic rings. The van der Waals surface area contributed by atoms with Crippen LogP contribution in [0.2, 0.25) is 10.0 Å². The molecule has 0 radical (unpaired) electrons. The van der Waals surface area contributed by atoms with E-state index in [9.17, 15) is 4.79 Å². The summed E-state index contributed by atoms with van der Waals surface area (Å²) in [5, 5.41) is 1.42.